The zero-order chi connectivity index (χ0) is 14.8. The van der Waals surface area contributed by atoms with E-state index >= 15 is 0 Å². The first-order chi connectivity index (χ1) is 9.45. The molecule has 1 unspecified atom stereocenters. The summed E-state index contributed by atoms with van der Waals surface area (Å²) in [7, 11) is -3.43. The van der Waals surface area contributed by atoms with Crippen molar-refractivity contribution in [2.75, 3.05) is 18.4 Å². The Morgan fingerprint density at radius 2 is 2.05 bits per heavy atom. The van der Waals surface area contributed by atoms with E-state index in [0.29, 0.717) is 28.4 Å². The third-order valence-electron chi connectivity index (χ3n) is 3.51. The molecule has 7 heteroatoms. The first-order valence-electron chi connectivity index (χ1n) is 6.46. The molecule has 0 radical (unpaired) electrons. The topological polar surface area (TPSA) is 37.4 Å². The second-order valence-corrected chi connectivity index (χ2v) is 9.39. The van der Waals surface area contributed by atoms with Gasteiger partial charge in [-0.1, -0.05) is 31.9 Å². The lowest BCUT2D eigenvalue weighted by Crippen LogP contribution is -2.40. The van der Waals surface area contributed by atoms with Gasteiger partial charge in [-0.15, -0.1) is 0 Å². The van der Waals surface area contributed by atoms with E-state index in [0.717, 1.165) is 29.1 Å². The lowest BCUT2D eigenvalue weighted by molar-refractivity contribution is 0.263. The highest BCUT2D eigenvalue weighted by atomic mass is 79.9. The minimum absolute atomic E-state index is 0.339. The van der Waals surface area contributed by atoms with Gasteiger partial charge in [0.05, 0.1) is 4.90 Å². The zero-order valence-corrected chi connectivity index (χ0v) is 16.4. The van der Waals surface area contributed by atoms with Gasteiger partial charge in [-0.2, -0.15) is 4.31 Å². The van der Waals surface area contributed by atoms with Crippen molar-refractivity contribution in [1.82, 2.24) is 4.31 Å². The number of rotatable bonds is 4. The van der Waals surface area contributed by atoms with Gasteiger partial charge in [0.25, 0.3) is 0 Å². The van der Waals surface area contributed by atoms with Gasteiger partial charge in [0, 0.05) is 27.4 Å². The van der Waals surface area contributed by atoms with Crippen LogP contribution < -0.4 is 0 Å². The second-order valence-electron chi connectivity index (χ2n) is 4.92. The van der Waals surface area contributed by atoms with Crippen molar-refractivity contribution in [2.45, 2.75) is 24.2 Å². The third-order valence-corrected chi connectivity index (χ3v) is 7.32. The van der Waals surface area contributed by atoms with Crippen LogP contribution in [0.15, 0.2) is 32.0 Å². The van der Waals surface area contributed by atoms with E-state index in [-0.39, 0.29) is 0 Å². The quantitative estimate of drug-likeness (QED) is 0.588. The minimum Gasteiger partial charge on any atom is -0.207 e. The average molecular weight is 490 g/mol. The molecule has 0 bridgehead atoms. The predicted molar refractivity (Wildman–Crippen MR) is 91.7 cm³/mol. The smallest absolute Gasteiger partial charge is 0.207 e. The predicted octanol–water partition coefficient (Wildman–Crippen LogP) is 4.40. The highest BCUT2D eigenvalue weighted by Crippen LogP contribution is 2.31. The molecule has 0 aliphatic carbocycles. The van der Waals surface area contributed by atoms with E-state index in [9.17, 15) is 8.42 Å². The Morgan fingerprint density at radius 3 is 2.75 bits per heavy atom. The van der Waals surface area contributed by atoms with Crippen LogP contribution >= 0.6 is 47.8 Å². The van der Waals surface area contributed by atoms with Crippen LogP contribution in [0, 0.1) is 5.92 Å². The van der Waals surface area contributed by atoms with Crippen LogP contribution in [0.3, 0.4) is 0 Å². The van der Waals surface area contributed by atoms with E-state index in [1.807, 2.05) is 6.07 Å². The lowest BCUT2D eigenvalue weighted by atomic mass is 9.97. The fraction of sp³-hybridized carbons (Fsp3) is 0.538. The number of piperidine rings is 1. The Morgan fingerprint density at radius 1 is 1.30 bits per heavy atom. The summed E-state index contributed by atoms with van der Waals surface area (Å²) in [6.45, 7) is 1.23. The average Bonchev–Trinajstić information content (AvgIpc) is 2.42. The molecule has 1 fully saturated rings. The number of benzene rings is 1. The van der Waals surface area contributed by atoms with E-state index in [1.165, 1.54) is 0 Å². The molecule has 1 saturated heterocycles. The lowest BCUT2D eigenvalue weighted by Gasteiger charge is -2.32. The molecular weight excluding hydrogens is 474 g/mol. The monoisotopic (exact) mass is 487 g/mol. The normalized spacial score (nSPS) is 21.1. The number of alkyl halides is 1. The number of hydrogen-bond acceptors (Lipinski definition) is 2. The number of hydrogen-bond donors (Lipinski definition) is 0. The van der Waals surface area contributed by atoms with Crippen molar-refractivity contribution >= 4 is 57.8 Å². The van der Waals surface area contributed by atoms with Crippen LogP contribution in [0.1, 0.15) is 19.3 Å². The molecule has 0 amide bonds. The summed E-state index contributed by atoms with van der Waals surface area (Å²) in [5, 5.41) is 0.923. The van der Waals surface area contributed by atoms with Crippen LogP contribution in [0.5, 0.6) is 0 Å². The summed E-state index contributed by atoms with van der Waals surface area (Å²) in [5.74, 6) is 0.448. The molecule has 3 nitrogen and oxygen atoms in total. The maximum atomic E-state index is 12.8. The summed E-state index contributed by atoms with van der Waals surface area (Å²) >= 11 is 10.1. The van der Waals surface area contributed by atoms with Gasteiger partial charge in [-0.3, -0.25) is 0 Å². The number of sulfonamides is 1. The molecule has 0 aromatic heterocycles. The van der Waals surface area contributed by atoms with Crippen molar-refractivity contribution in [3.63, 3.8) is 0 Å². The molecule has 0 N–H and O–H groups in total. The molecule has 1 aromatic carbocycles. The van der Waals surface area contributed by atoms with Crippen molar-refractivity contribution < 1.29 is 8.42 Å². The maximum Gasteiger partial charge on any atom is 0.244 e. The summed E-state index contributed by atoms with van der Waals surface area (Å²) in [6, 6.07) is 5.25. The van der Waals surface area contributed by atoms with Gasteiger partial charge in [0.1, 0.15) is 0 Å². The highest BCUT2D eigenvalue weighted by molar-refractivity contribution is 9.11. The van der Waals surface area contributed by atoms with Crippen LogP contribution in [-0.4, -0.2) is 31.1 Å². The molecule has 112 valence electrons. The third kappa shape index (κ3) is 3.85. The molecular formula is C13H16Br3NO2S. The van der Waals surface area contributed by atoms with E-state index < -0.39 is 10.0 Å². The summed E-state index contributed by atoms with van der Waals surface area (Å²) < 4.78 is 28.6. The Bertz CT molecular complexity index is 575. The van der Waals surface area contributed by atoms with Crippen molar-refractivity contribution in [3.05, 3.63) is 27.1 Å². The summed E-state index contributed by atoms with van der Waals surface area (Å²) in [4.78, 5) is 0.339. The van der Waals surface area contributed by atoms with Gasteiger partial charge >= 0.3 is 0 Å². The van der Waals surface area contributed by atoms with Gasteiger partial charge < -0.3 is 0 Å². The van der Waals surface area contributed by atoms with Crippen LogP contribution in [0.4, 0.5) is 0 Å². The molecule has 1 aliphatic rings. The molecule has 1 aliphatic heterocycles. The standard InChI is InChI=1S/C13H16Br3NO2S/c14-6-5-10-2-1-7-17(9-10)20(18,19)13-8-11(15)3-4-12(13)16/h3-4,8,10H,1-2,5-7,9H2. The van der Waals surface area contributed by atoms with E-state index in [1.54, 1.807) is 16.4 Å². The highest BCUT2D eigenvalue weighted by Gasteiger charge is 2.31. The fourth-order valence-electron chi connectivity index (χ4n) is 2.45. The van der Waals surface area contributed by atoms with Crippen LogP contribution in [-0.2, 0) is 10.0 Å². The minimum atomic E-state index is -3.43. The van der Waals surface area contributed by atoms with Crippen LogP contribution in [0.25, 0.3) is 0 Å². The van der Waals surface area contributed by atoms with Crippen molar-refractivity contribution in [3.8, 4) is 0 Å². The van der Waals surface area contributed by atoms with Crippen LogP contribution in [0.2, 0.25) is 0 Å². The second kappa shape index (κ2) is 7.22. The number of halogens is 3. The van der Waals surface area contributed by atoms with E-state index in [2.05, 4.69) is 47.8 Å². The Labute approximate surface area is 145 Å². The maximum absolute atomic E-state index is 12.8. The summed E-state index contributed by atoms with van der Waals surface area (Å²) in [6.07, 6.45) is 3.06. The van der Waals surface area contributed by atoms with Gasteiger partial charge in [0.15, 0.2) is 0 Å². The first kappa shape index (κ1) is 16.9. The van der Waals surface area contributed by atoms with Gasteiger partial charge in [0.2, 0.25) is 10.0 Å². The molecule has 2 rings (SSSR count). The summed E-state index contributed by atoms with van der Waals surface area (Å²) in [5.41, 5.74) is 0. The zero-order valence-electron chi connectivity index (χ0n) is 10.9. The van der Waals surface area contributed by atoms with Gasteiger partial charge in [-0.25, -0.2) is 8.42 Å². The largest absolute Gasteiger partial charge is 0.244 e. The van der Waals surface area contributed by atoms with Gasteiger partial charge in [-0.05, 0) is 59.3 Å². The molecule has 1 heterocycles. The SMILES string of the molecule is O=S(=O)(c1cc(Br)ccc1Br)N1CCCC(CCBr)C1. The molecule has 20 heavy (non-hydrogen) atoms. The molecule has 0 saturated carbocycles. The molecule has 0 spiro atoms. The first-order valence-corrected chi connectivity index (χ1v) is 10.6. The Hall–Kier alpha value is 0.570. The van der Waals surface area contributed by atoms with Crippen molar-refractivity contribution in [1.29, 1.82) is 0 Å². The van der Waals surface area contributed by atoms with E-state index in [4.69, 9.17) is 0 Å². The van der Waals surface area contributed by atoms with Crippen molar-refractivity contribution in [2.24, 2.45) is 5.92 Å². The number of nitrogens with zero attached hydrogens (tertiary/aromatic N) is 1. The molecule has 1 aromatic rings. The Kier molecular flexibility index (Phi) is 6.11. The molecule has 1 atom stereocenters. The Balaban J connectivity index is 2.27. The fourth-order valence-corrected chi connectivity index (χ4v) is 6.11.